The van der Waals surface area contributed by atoms with Crippen molar-refractivity contribution in [2.45, 2.75) is 13.0 Å². The predicted octanol–water partition coefficient (Wildman–Crippen LogP) is 6.71. The van der Waals surface area contributed by atoms with Crippen molar-refractivity contribution in [2.75, 3.05) is 5.32 Å². The molecule has 1 unspecified atom stereocenters. The first-order valence-electron chi connectivity index (χ1n) is 9.08. The first-order chi connectivity index (χ1) is 13.6. The number of aryl methyl sites for hydroxylation is 1. The molecule has 0 aliphatic carbocycles. The number of hydrogen-bond acceptors (Lipinski definition) is 2. The molecule has 4 aromatic rings. The topological polar surface area (TPSA) is 29.9 Å². The minimum atomic E-state index is -0.0929. The number of allylic oxidation sites excluding steroid dienone is 1. The lowest BCUT2D eigenvalue weighted by molar-refractivity contribution is 0.720. The van der Waals surface area contributed by atoms with Crippen LogP contribution in [0.25, 0.3) is 16.7 Å². The second-order valence-electron chi connectivity index (χ2n) is 6.98. The zero-order valence-electron chi connectivity index (χ0n) is 15.2. The van der Waals surface area contributed by atoms with Crippen LogP contribution in [0.4, 0.5) is 5.95 Å². The number of fused-ring (bicyclic) bond motifs is 3. The number of aromatic nitrogens is 2. The highest BCUT2D eigenvalue weighted by Gasteiger charge is 2.26. The van der Waals surface area contributed by atoms with E-state index in [9.17, 15) is 0 Å². The number of hydrogen-bond donors (Lipinski definition) is 1. The van der Waals surface area contributed by atoms with Gasteiger partial charge in [0.05, 0.1) is 17.1 Å². The van der Waals surface area contributed by atoms with Gasteiger partial charge in [-0.25, -0.2) is 4.98 Å². The molecule has 0 fully saturated rings. The molecule has 1 N–H and O–H groups in total. The molecule has 1 atom stereocenters. The molecule has 3 nitrogen and oxygen atoms in total. The Bertz CT molecular complexity index is 1220. The molecule has 0 radical (unpaired) electrons. The van der Waals surface area contributed by atoms with Gasteiger partial charge in [0.15, 0.2) is 0 Å². The molecule has 5 rings (SSSR count). The van der Waals surface area contributed by atoms with E-state index in [2.05, 4.69) is 53.2 Å². The summed E-state index contributed by atoms with van der Waals surface area (Å²) in [4.78, 5) is 4.81. The summed E-state index contributed by atoms with van der Waals surface area (Å²) in [6.45, 7) is 2.09. The average Bonchev–Trinajstić information content (AvgIpc) is 3.06. The quantitative estimate of drug-likeness (QED) is 0.401. The summed E-state index contributed by atoms with van der Waals surface area (Å²) in [5.41, 5.74) is 6.34. The fourth-order valence-corrected chi connectivity index (χ4v) is 4.20. The summed E-state index contributed by atoms with van der Waals surface area (Å²) in [6, 6.07) is 22.1. The van der Waals surface area contributed by atoms with Crippen molar-refractivity contribution >= 4 is 45.9 Å². The molecule has 0 saturated carbocycles. The van der Waals surface area contributed by atoms with E-state index in [4.69, 9.17) is 28.2 Å². The molecule has 0 amide bonds. The predicted molar refractivity (Wildman–Crippen MR) is 117 cm³/mol. The van der Waals surface area contributed by atoms with Gasteiger partial charge in [-0.05, 0) is 48.4 Å². The fraction of sp³-hybridized carbons (Fsp3) is 0.0870. The zero-order valence-corrected chi connectivity index (χ0v) is 16.7. The lowest BCUT2D eigenvalue weighted by Gasteiger charge is -2.27. The average molecular weight is 406 g/mol. The van der Waals surface area contributed by atoms with Crippen molar-refractivity contribution in [1.82, 2.24) is 9.55 Å². The van der Waals surface area contributed by atoms with Crippen molar-refractivity contribution in [2.24, 2.45) is 0 Å². The SMILES string of the molecule is Cc1ccc(C2=CC(c3ccc(Cl)cc3Cl)n3c(nc4ccccc43)N2)cc1. The van der Waals surface area contributed by atoms with Crippen molar-refractivity contribution < 1.29 is 0 Å². The third kappa shape index (κ3) is 2.88. The number of halogens is 2. The summed E-state index contributed by atoms with van der Waals surface area (Å²) >= 11 is 12.7. The van der Waals surface area contributed by atoms with Crippen LogP contribution in [-0.4, -0.2) is 9.55 Å². The smallest absolute Gasteiger partial charge is 0.209 e. The molecule has 0 saturated heterocycles. The van der Waals surface area contributed by atoms with Gasteiger partial charge in [0.25, 0.3) is 0 Å². The third-order valence-electron chi connectivity index (χ3n) is 5.09. The number of nitrogens with zero attached hydrogens (tertiary/aromatic N) is 2. The van der Waals surface area contributed by atoms with Crippen LogP contribution in [0, 0.1) is 6.92 Å². The monoisotopic (exact) mass is 405 g/mol. The Morgan fingerprint density at radius 3 is 2.54 bits per heavy atom. The summed E-state index contributed by atoms with van der Waals surface area (Å²) in [5.74, 6) is 0.801. The summed E-state index contributed by atoms with van der Waals surface area (Å²) < 4.78 is 2.18. The largest absolute Gasteiger partial charge is 0.325 e. The van der Waals surface area contributed by atoms with Gasteiger partial charge in [-0.15, -0.1) is 0 Å². The molecule has 3 aromatic carbocycles. The van der Waals surface area contributed by atoms with Gasteiger partial charge < -0.3 is 5.32 Å². The van der Waals surface area contributed by atoms with E-state index in [-0.39, 0.29) is 6.04 Å². The van der Waals surface area contributed by atoms with Crippen LogP contribution in [0.2, 0.25) is 10.0 Å². The van der Waals surface area contributed by atoms with Crippen LogP contribution in [0.15, 0.2) is 72.8 Å². The zero-order chi connectivity index (χ0) is 19.3. The number of para-hydroxylation sites is 2. The standard InChI is InChI=1S/C23H17Cl2N3/c1-14-6-8-15(9-7-14)20-13-22(17-11-10-16(24)12-18(17)25)28-21-5-3-2-4-19(21)26-23(28)27-20/h2-13,22H,1H3,(H,26,27). The van der Waals surface area contributed by atoms with E-state index in [0.717, 1.165) is 33.8 Å². The molecule has 28 heavy (non-hydrogen) atoms. The molecular formula is C23H17Cl2N3. The lowest BCUT2D eigenvalue weighted by Crippen LogP contribution is -2.19. The van der Waals surface area contributed by atoms with Crippen molar-refractivity contribution in [3.63, 3.8) is 0 Å². The van der Waals surface area contributed by atoms with Gasteiger partial charge in [-0.3, -0.25) is 4.57 Å². The summed E-state index contributed by atoms with van der Waals surface area (Å²) in [5, 5.41) is 4.76. The van der Waals surface area contributed by atoms with E-state index in [1.165, 1.54) is 5.56 Å². The Hall–Kier alpha value is -2.75. The molecular weight excluding hydrogens is 389 g/mol. The number of nitrogens with one attached hydrogen (secondary N) is 1. The lowest BCUT2D eigenvalue weighted by atomic mass is 10.0. The Kier molecular flexibility index (Phi) is 4.15. The van der Waals surface area contributed by atoms with E-state index in [0.29, 0.717) is 10.0 Å². The van der Waals surface area contributed by atoms with Gasteiger partial charge in [-0.2, -0.15) is 0 Å². The molecule has 1 aliphatic rings. The van der Waals surface area contributed by atoms with Crippen molar-refractivity contribution in [3.8, 4) is 0 Å². The maximum atomic E-state index is 6.59. The number of rotatable bonds is 2. The number of benzene rings is 3. The highest BCUT2D eigenvalue weighted by atomic mass is 35.5. The number of imidazole rings is 1. The van der Waals surface area contributed by atoms with Gasteiger partial charge in [0.1, 0.15) is 0 Å². The molecule has 0 spiro atoms. The van der Waals surface area contributed by atoms with E-state index >= 15 is 0 Å². The molecule has 0 bridgehead atoms. The van der Waals surface area contributed by atoms with E-state index in [1.54, 1.807) is 6.07 Å². The van der Waals surface area contributed by atoms with Gasteiger partial charge in [0, 0.05) is 15.7 Å². The summed E-state index contributed by atoms with van der Waals surface area (Å²) in [6.07, 6.45) is 2.20. The van der Waals surface area contributed by atoms with E-state index < -0.39 is 0 Å². The molecule has 1 aromatic heterocycles. The minimum absolute atomic E-state index is 0.0929. The minimum Gasteiger partial charge on any atom is -0.325 e. The van der Waals surface area contributed by atoms with E-state index in [1.807, 2.05) is 30.3 Å². The third-order valence-corrected chi connectivity index (χ3v) is 5.65. The molecule has 2 heterocycles. The van der Waals surface area contributed by atoms with Crippen LogP contribution in [-0.2, 0) is 0 Å². The van der Waals surface area contributed by atoms with Crippen LogP contribution in [0.3, 0.4) is 0 Å². The Labute approximate surface area is 173 Å². The van der Waals surface area contributed by atoms with Crippen LogP contribution in [0.5, 0.6) is 0 Å². The Balaban J connectivity index is 1.74. The van der Waals surface area contributed by atoms with Gasteiger partial charge in [0.2, 0.25) is 5.95 Å². The van der Waals surface area contributed by atoms with Crippen LogP contribution >= 0.6 is 23.2 Å². The second kappa shape index (κ2) is 6.69. The molecule has 5 heteroatoms. The summed E-state index contributed by atoms with van der Waals surface area (Å²) in [7, 11) is 0. The second-order valence-corrected chi connectivity index (χ2v) is 7.82. The van der Waals surface area contributed by atoms with Gasteiger partial charge in [-0.1, -0.05) is 71.2 Å². The maximum Gasteiger partial charge on any atom is 0.209 e. The van der Waals surface area contributed by atoms with Crippen LogP contribution in [0.1, 0.15) is 22.7 Å². The van der Waals surface area contributed by atoms with Crippen molar-refractivity contribution in [3.05, 3.63) is 99.5 Å². The fourth-order valence-electron chi connectivity index (χ4n) is 3.68. The normalized spacial score (nSPS) is 15.8. The highest BCUT2D eigenvalue weighted by molar-refractivity contribution is 6.35. The Morgan fingerprint density at radius 2 is 1.75 bits per heavy atom. The van der Waals surface area contributed by atoms with Crippen molar-refractivity contribution in [1.29, 1.82) is 0 Å². The maximum absolute atomic E-state index is 6.59. The molecule has 138 valence electrons. The first kappa shape index (κ1) is 17.4. The first-order valence-corrected chi connectivity index (χ1v) is 9.83. The van der Waals surface area contributed by atoms with Gasteiger partial charge >= 0.3 is 0 Å². The number of anilines is 1. The van der Waals surface area contributed by atoms with Crippen LogP contribution < -0.4 is 5.32 Å². The highest BCUT2D eigenvalue weighted by Crippen LogP contribution is 2.39. The molecule has 1 aliphatic heterocycles. The Morgan fingerprint density at radius 1 is 0.964 bits per heavy atom.